The van der Waals surface area contributed by atoms with Crippen molar-refractivity contribution in [3.8, 4) is 17.5 Å². The van der Waals surface area contributed by atoms with E-state index in [1.807, 2.05) is 6.07 Å². The van der Waals surface area contributed by atoms with E-state index >= 15 is 0 Å². The zero-order chi connectivity index (χ0) is 15.3. The second-order valence-corrected chi connectivity index (χ2v) is 4.12. The summed E-state index contributed by atoms with van der Waals surface area (Å²) in [5, 5.41) is 12.3. The molecular weight excluding hydrogens is 287 g/mol. The SMILES string of the molecule is N#Cc1ccc(-c2nc(CCOCC(F)(F)F)no2)cc1. The minimum Gasteiger partial charge on any atom is -0.372 e. The van der Waals surface area contributed by atoms with Gasteiger partial charge in [-0.05, 0) is 24.3 Å². The highest BCUT2D eigenvalue weighted by molar-refractivity contribution is 5.54. The maximum atomic E-state index is 11.9. The van der Waals surface area contributed by atoms with Crippen LogP contribution >= 0.6 is 0 Å². The number of alkyl halides is 3. The monoisotopic (exact) mass is 297 g/mol. The number of benzene rings is 1. The first kappa shape index (κ1) is 15.0. The van der Waals surface area contributed by atoms with Crippen LogP contribution < -0.4 is 0 Å². The van der Waals surface area contributed by atoms with Gasteiger partial charge in [0.05, 0.1) is 18.2 Å². The Morgan fingerprint density at radius 3 is 2.57 bits per heavy atom. The normalized spacial score (nSPS) is 11.3. The molecule has 0 fully saturated rings. The van der Waals surface area contributed by atoms with Crippen molar-refractivity contribution in [1.82, 2.24) is 10.1 Å². The van der Waals surface area contributed by atoms with E-state index in [0.29, 0.717) is 11.1 Å². The second-order valence-electron chi connectivity index (χ2n) is 4.12. The maximum Gasteiger partial charge on any atom is 0.411 e. The van der Waals surface area contributed by atoms with E-state index in [0.717, 1.165) is 0 Å². The third-order valence-electron chi connectivity index (χ3n) is 2.46. The molecule has 0 unspecified atom stereocenters. The zero-order valence-corrected chi connectivity index (χ0v) is 10.7. The molecule has 8 heteroatoms. The molecule has 1 aromatic heterocycles. The molecule has 21 heavy (non-hydrogen) atoms. The summed E-state index contributed by atoms with van der Waals surface area (Å²) in [6.07, 6.45) is -4.22. The Kier molecular flexibility index (Phi) is 4.55. The summed E-state index contributed by atoms with van der Waals surface area (Å²) < 4.78 is 45.1. The maximum absolute atomic E-state index is 11.9. The van der Waals surface area contributed by atoms with Crippen LogP contribution in [0.25, 0.3) is 11.5 Å². The van der Waals surface area contributed by atoms with Crippen LogP contribution in [-0.4, -0.2) is 29.5 Å². The van der Waals surface area contributed by atoms with Crippen LogP contribution in [0, 0.1) is 11.3 Å². The van der Waals surface area contributed by atoms with E-state index in [-0.39, 0.29) is 24.7 Å². The lowest BCUT2D eigenvalue weighted by molar-refractivity contribution is -0.173. The Balaban J connectivity index is 1.90. The fourth-order valence-corrected chi connectivity index (χ4v) is 1.51. The van der Waals surface area contributed by atoms with Gasteiger partial charge in [0, 0.05) is 12.0 Å². The van der Waals surface area contributed by atoms with Gasteiger partial charge in [-0.1, -0.05) is 5.16 Å². The smallest absolute Gasteiger partial charge is 0.372 e. The van der Waals surface area contributed by atoms with Gasteiger partial charge >= 0.3 is 6.18 Å². The van der Waals surface area contributed by atoms with Crippen LogP contribution in [0.5, 0.6) is 0 Å². The number of hydrogen-bond acceptors (Lipinski definition) is 5. The van der Waals surface area contributed by atoms with Crippen LogP contribution in [0.3, 0.4) is 0 Å². The van der Waals surface area contributed by atoms with Gasteiger partial charge in [-0.3, -0.25) is 0 Å². The number of nitriles is 1. The molecule has 0 aliphatic heterocycles. The van der Waals surface area contributed by atoms with Gasteiger partial charge in [0.1, 0.15) is 6.61 Å². The van der Waals surface area contributed by atoms with E-state index in [1.165, 1.54) is 0 Å². The van der Waals surface area contributed by atoms with E-state index in [2.05, 4.69) is 14.9 Å². The Morgan fingerprint density at radius 2 is 1.95 bits per heavy atom. The summed E-state index contributed by atoms with van der Waals surface area (Å²) in [6, 6.07) is 8.49. The molecule has 2 rings (SSSR count). The highest BCUT2D eigenvalue weighted by atomic mass is 19.4. The van der Waals surface area contributed by atoms with Gasteiger partial charge in [-0.25, -0.2) is 0 Å². The van der Waals surface area contributed by atoms with Gasteiger partial charge < -0.3 is 9.26 Å². The standard InChI is InChI=1S/C13H10F3N3O2/c14-13(15,16)8-20-6-5-11-18-12(21-19-11)10-3-1-9(7-17)2-4-10/h1-4H,5-6,8H2. The van der Waals surface area contributed by atoms with Crippen molar-refractivity contribution < 1.29 is 22.4 Å². The number of halogens is 3. The molecule has 5 nitrogen and oxygen atoms in total. The molecule has 1 aromatic carbocycles. The Morgan fingerprint density at radius 1 is 1.24 bits per heavy atom. The molecule has 0 amide bonds. The highest BCUT2D eigenvalue weighted by Gasteiger charge is 2.27. The predicted octanol–water partition coefficient (Wildman–Crippen LogP) is 2.73. The molecule has 0 spiro atoms. The average Bonchev–Trinajstić information content (AvgIpc) is 2.91. The molecular formula is C13H10F3N3O2. The number of hydrogen-bond donors (Lipinski definition) is 0. The van der Waals surface area contributed by atoms with Crippen molar-refractivity contribution in [2.45, 2.75) is 12.6 Å². The first-order valence-electron chi connectivity index (χ1n) is 5.95. The molecule has 110 valence electrons. The summed E-state index contributed by atoms with van der Waals surface area (Å²) in [5.74, 6) is 0.502. The molecule has 1 heterocycles. The largest absolute Gasteiger partial charge is 0.411 e. The van der Waals surface area contributed by atoms with Crippen LogP contribution in [0.4, 0.5) is 13.2 Å². The first-order chi connectivity index (χ1) is 9.98. The predicted molar refractivity (Wildman–Crippen MR) is 65.0 cm³/mol. The quantitative estimate of drug-likeness (QED) is 0.793. The first-order valence-corrected chi connectivity index (χ1v) is 5.95. The molecule has 0 saturated carbocycles. The van der Waals surface area contributed by atoms with E-state index in [4.69, 9.17) is 9.78 Å². The molecule has 0 aliphatic carbocycles. The lowest BCUT2D eigenvalue weighted by atomic mass is 10.1. The third-order valence-corrected chi connectivity index (χ3v) is 2.46. The number of ether oxygens (including phenoxy) is 1. The molecule has 0 N–H and O–H groups in total. The third kappa shape index (κ3) is 4.57. The van der Waals surface area contributed by atoms with Crippen molar-refractivity contribution >= 4 is 0 Å². The summed E-state index contributed by atoms with van der Waals surface area (Å²) >= 11 is 0. The van der Waals surface area contributed by atoms with Crippen molar-refractivity contribution in [1.29, 1.82) is 5.26 Å². The van der Waals surface area contributed by atoms with Crippen molar-refractivity contribution in [3.63, 3.8) is 0 Å². The number of rotatable bonds is 5. The summed E-state index contributed by atoms with van der Waals surface area (Å²) in [6.45, 7) is -1.45. The van der Waals surface area contributed by atoms with Gasteiger partial charge in [-0.15, -0.1) is 0 Å². The molecule has 0 bridgehead atoms. The Bertz CT molecular complexity index is 629. The van der Waals surface area contributed by atoms with Gasteiger partial charge in [0.2, 0.25) is 0 Å². The minimum absolute atomic E-state index is 0.121. The Hall–Kier alpha value is -2.40. The zero-order valence-electron chi connectivity index (χ0n) is 10.7. The highest BCUT2D eigenvalue weighted by Crippen LogP contribution is 2.18. The summed E-state index contributed by atoms with van der Waals surface area (Å²) in [5.41, 5.74) is 1.13. The topological polar surface area (TPSA) is 71.9 Å². The van der Waals surface area contributed by atoms with Crippen molar-refractivity contribution in [2.24, 2.45) is 0 Å². The second kappa shape index (κ2) is 6.37. The van der Waals surface area contributed by atoms with Crippen LogP contribution in [-0.2, 0) is 11.2 Å². The Labute approximate surface area is 118 Å². The van der Waals surface area contributed by atoms with Crippen LogP contribution in [0.2, 0.25) is 0 Å². The average molecular weight is 297 g/mol. The van der Waals surface area contributed by atoms with Crippen LogP contribution in [0.15, 0.2) is 28.8 Å². The van der Waals surface area contributed by atoms with Gasteiger partial charge in [-0.2, -0.15) is 23.4 Å². The summed E-state index contributed by atoms with van der Waals surface area (Å²) in [4.78, 5) is 4.05. The molecule has 2 aromatic rings. The fraction of sp³-hybridized carbons (Fsp3) is 0.308. The van der Waals surface area contributed by atoms with Crippen molar-refractivity contribution in [3.05, 3.63) is 35.7 Å². The van der Waals surface area contributed by atoms with Crippen LogP contribution in [0.1, 0.15) is 11.4 Å². The van der Waals surface area contributed by atoms with Gasteiger partial charge in [0.15, 0.2) is 5.82 Å². The van der Waals surface area contributed by atoms with E-state index in [9.17, 15) is 13.2 Å². The molecule has 0 radical (unpaired) electrons. The summed E-state index contributed by atoms with van der Waals surface area (Å²) in [7, 11) is 0. The fourth-order valence-electron chi connectivity index (χ4n) is 1.51. The van der Waals surface area contributed by atoms with Gasteiger partial charge in [0.25, 0.3) is 5.89 Å². The van der Waals surface area contributed by atoms with Crippen molar-refractivity contribution in [2.75, 3.05) is 13.2 Å². The molecule has 0 atom stereocenters. The van der Waals surface area contributed by atoms with E-state index in [1.54, 1.807) is 24.3 Å². The number of aromatic nitrogens is 2. The number of nitrogens with zero attached hydrogens (tertiary/aromatic N) is 3. The lowest BCUT2D eigenvalue weighted by Crippen LogP contribution is -2.18. The molecule has 0 saturated heterocycles. The molecule has 0 aliphatic rings. The van der Waals surface area contributed by atoms with E-state index < -0.39 is 12.8 Å². The minimum atomic E-state index is -4.34. The lowest BCUT2D eigenvalue weighted by Gasteiger charge is -2.05.